The van der Waals surface area contributed by atoms with Crippen LogP contribution in [0.3, 0.4) is 0 Å². The number of H-pyrrole nitrogens is 1. The molecule has 7 heteroatoms. The number of benzene rings is 1. The number of rotatable bonds is 7. The standard InChI is InChI=1S/C24H27N5OS/c1-3-17-8-4-5-9-18(17)27-21(30)13-15-29-23(20-12-11-16(2)26-20)22(28-24(29)31)19-10-6-7-14-25-19/h4-12,14,22-23,26H,3,13,15H2,1-2H3,(H,27,30)(H,28,31)/t22-,23-/m1/s1. The molecule has 0 aliphatic carbocycles. The van der Waals surface area contributed by atoms with Crippen LogP contribution in [0, 0.1) is 6.92 Å². The maximum Gasteiger partial charge on any atom is 0.226 e. The molecule has 1 amide bonds. The second-order valence-electron chi connectivity index (χ2n) is 7.73. The second-order valence-corrected chi connectivity index (χ2v) is 8.11. The molecular weight excluding hydrogens is 406 g/mol. The molecule has 1 aromatic carbocycles. The van der Waals surface area contributed by atoms with E-state index in [9.17, 15) is 4.79 Å². The fraction of sp³-hybridized carbons (Fsp3) is 0.292. The van der Waals surface area contributed by atoms with Crippen LogP contribution < -0.4 is 10.6 Å². The summed E-state index contributed by atoms with van der Waals surface area (Å²) in [6, 6.07) is 17.8. The van der Waals surface area contributed by atoms with E-state index in [1.165, 1.54) is 0 Å². The lowest BCUT2D eigenvalue weighted by atomic mass is 10.0. The van der Waals surface area contributed by atoms with Crippen molar-refractivity contribution < 1.29 is 4.79 Å². The van der Waals surface area contributed by atoms with E-state index in [2.05, 4.69) is 44.6 Å². The maximum atomic E-state index is 12.7. The van der Waals surface area contributed by atoms with Crippen molar-refractivity contribution in [3.05, 3.63) is 83.4 Å². The molecule has 1 aliphatic heterocycles. The molecule has 2 atom stereocenters. The van der Waals surface area contributed by atoms with Crippen LogP contribution in [0.15, 0.2) is 60.8 Å². The summed E-state index contributed by atoms with van der Waals surface area (Å²) < 4.78 is 0. The Labute approximate surface area is 188 Å². The third kappa shape index (κ3) is 4.61. The predicted octanol–water partition coefficient (Wildman–Crippen LogP) is 4.28. The minimum absolute atomic E-state index is 0.0218. The third-order valence-corrected chi connectivity index (χ3v) is 5.98. The summed E-state index contributed by atoms with van der Waals surface area (Å²) in [7, 11) is 0. The largest absolute Gasteiger partial charge is 0.361 e. The van der Waals surface area contributed by atoms with Crippen molar-refractivity contribution in [2.45, 2.75) is 38.8 Å². The van der Waals surface area contributed by atoms with Gasteiger partial charge in [-0.3, -0.25) is 9.78 Å². The van der Waals surface area contributed by atoms with Gasteiger partial charge in [-0.2, -0.15) is 0 Å². The Hall–Kier alpha value is -3.19. The first-order chi connectivity index (χ1) is 15.1. The van der Waals surface area contributed by atoms with E-state index in [1.54, 1.807) is 6.20 Å². The molecule has 0 bridgehead atoms. The quantitative estimate of drug-likeness (QED) is 0.485. The molecule has 0 spiro atoms. The van der Waals surface area contributed by atoms with Crippen molar-refractivity contribution in [3.63, 3.8) is 0 Å². The summed E-state index contributed by atoms with van der Waals surface area (Å²) >= 11 is 5.66. The number of para-hydroxylation sites is 1. The van der Waals surface area contributed by atoms with Gasteiger partial charge >= 0.3 is 0 Å². The highest BCUT2D eigenvalue weighted by molar-refractivity contribution is 7.80. The molecule has 160 valence electrons. The summed E-state index contributed by atoms with van der Waals surface area (Å²) in [5.74, 6) is -0.0218. The van der Waals surface area contributed by atoms with E-state index in [-0.39, 0.29) is 18.0 Å². The molecule has 3 N–H and O–H groups in total. The fourth-order valence-corrected chi connectivity index (χ4v) is 4.40. The molecule has 1 fully saturated rings. The monoisotopic (exact) mass is 433 g/mol. The topological polar surface area (TPSA) is 73.1 Å². The van der Waals surface area contributed by atoms with E-state index in [4.69, 9.17) is 12.2 Å². The number of aromatic amines is 1. The first-order valence-corrected chi connectivity index (χ1v) is 11.0. The number of carbonyl (C=O) groups excluding carboxylic acids is 1. The predicted molar refractivity (Wildman–Crippen MR) is 127 cm³/mol. The van der Waals surface area contributed by atoms with Gasteiger partial charge in [0.15, 0.2) is 5.11 Å². The minimum atomic E-state index is -0.0874. The zero-order valence-electron chi connectivity index (χ0n) is 17.8. The van der Waals surface area contributed by atoms with E-state index in [0.29, 0.717) is 18.1 Å². The lowest BCUT2D eigenvalue weighted by Crippen LogP contribution is -2.33. The van der Waals surface area contributed by atoms with Crippen LogP contribution in [0.25, 0.3) is 0 Å². The normalized spacial score (nSPS) is 18.1. The molecule has 0 unspecified atom stereocenters. The Morgan fingerprint density at radius 2 is 1.97 bits per heavy atom. The number of carbonyl (C=O) groups is 1. The van der Waals surface area contributed by atoms with Gasteiger partial charge in [-0.05, 0) is 61.5 Å². The molecule has 1 saturated heterocycles. The molecule has 0 saturated carbocycles. The Morgan fingerprint density at radius 3 is 2.68 bits per heavy atom. The summed E-state index contributed by atoms with van der Waals surface area (Å²) in [4.78, 5) is 22.8. The zero-order chi connectivity index (χ0) is 21.8. The number of hydrogen-bond donors (Lipinski definition) is 3. The van der Waals surface area contributed by atoms with E-state index in [0.717, 1.165) is 34.8 Å². The first-order valence-electron chi connectivity index (χ1n) is 10.6. The summed E-state index contributed by atoms with van der Waals surface area (Å²) in [5, 5.41) is 7.10. The van der Waals surface area contributed by atoms with Gasteiger partial charge in [-0.15, -0.1) is 0 Å². The van der Waals surface area contributed by atoms with Crippen molar-refractivity contribution in [2.75, 3.05) is 11.9 Å². The molecule has 3 heterocycles. The van der Waals surface area contributed by atoms with Crippen LogP contribution in [0.2, 0.25) is 0 Å². The lowest BCUT2D eigenvalue weighted by molar-refractivity contribution is -0.116. The lowest BCUT2D eigenvalue weighted by Gasteiger charge is -2.27. The van der Waals surface area contributed by atoms with Gasteiger partial charge in [0.05, 0.1) is 17.8 Å². The molecule has 6 nitrogen and oxygen atoms in total. The van der Waals surface area contributed by atoms with Crippen molar-refractivity contribution in [3.8, 4) is 0 Å². The van der Waals surface area contributed by atoms with Crippen LogP contribution in [0.4, 0.5) is 5.69 Å². The average Bonchev–Trinajstić information content (AvgIpc) is 3.35. The summed E-state index contributed by atoms with van der Waals surface area (Å²) in [5.41, 5.74) is 5.06. The van der Waals surface area contributed by atoms with Crippen molar-refractivity contribution >= 4 is 28.9 Å². The highest BCUT2D eigenvalue weighted by Crippen LogP contribution is 2.38. The number of nitrogens with zero attached hydrogens (tertiary/aromatic N) is 2. The van der Waals surface area contributed by atoms with Crippen molar-refractivity contribution in [1.82, 2.24) is 20.2 Å². The average molecular weight is 434 g/mol. The number of anilines is 1. The van der Waals surface area contributed by atoms with Crippen LogP contribution in [-0.4, -0.2) is 32.4 Å². The fourth-order valence-electron chi connectivity index (χ4n) is 4.07. The number of thiocarbonyl (C=S) groups is 1. The summed E-state index contributed by atoms with van der Waals surface area (Å²) in [6.45, 7) is 4.63. The van der Waals surface area contributed by atoms with E-state index >= 15 is 0 Å². The number of nitrogens with one attached hydrogen (secondary N) is 3. The zero-order valence-corrected chi connectivity index (χ0v) is 18.6. The number of aromatic nitrogens is 2. The molecular formula is C24H27N5OS. The smallest absolute Gasteiger partial charge is 0.226 e. The maximum absolute atomic E-state index is 12.7. The van der Waals surface area contributed by atoms with Crippen LogP contribution in [0.1, 0.15) is 48.1 Å². The van der Waals surface area contributed by atoms with E-state index < -0.39 is 0 Å². The highest BCUT2D eigenvalue weighted by atomic mass is 32.1. The third-order valence-electron chi connectivity index (χ3n) is 5.62. The van der Waals surface area contributed by atoms with Crippen molar-refractivity contribution in [1.29, 1.82) is 0 Å². The number of pyridine rings is 1. The van der Waals surface area contributed by atoms with Gasteiger partial charge in [-0.25, -0.2) is 0 Å². The Kier molecular flexibility index (Phi) is 6.32. The molecule has 4 rings (SSSR count). The minimum Gasteiger partial charge on any atom is -0.361 e. The molecule has 31 heavy (non-hydrogen) atoms. The van der Waals surface area contributed by atoms with Gasteiger partial charge in [0.2, 0.25) is 5.91 Å². The molecule has 0 radical (unpaired) electrons. The van der Waals surface area contributed by atoms with Gasteiger partial charge in [0.1, 0.15) is 0 Å². The van der Waals surface area contributed by atoms with Crippen LogP contribution in [0.5, 0.6) is 0 Å². The highest BCUT2D eigenvalue weighted by Gasteiger charge is 2.40. The summed E-state index contributed by atoms with van der Waals surface area (Å²) in [6.07, 6.45) is 3.00. The van der Waals surface area contributed by atoms with Crippen LogP contribution in [-0.2, 0) is 11.2 Å². The second kappa shape index (κ2) is 9.31. The van der Waals surface area contributed by atoms with Gasteiger partial charge in [0.25, 0.3) is 0 Å². The molecule has 3 aromatic rings. The molecule has 1 aliphatic rings. The van der Waals surface area contributed by atoms with Gasteiger partial charge in [0, 0.05) is 36.2 Å². The number of aryl methyl sites for hydroxylation is 2. The number of amides is 1. The van der Waals surface area contributed by atoms with Crippen LogP contribution >= 0.6 is 12.2 Å². The SMILES string of the molecule is CCc1ccccc1NC(=O)CCN1C(=S)N[C@H](c2ccccn2)[C@H]1c1ccc(C)[nH]1. The molecule has 2 aromatic heterocycles. The first kappa shape index (κ1) is 21.1. The van der Waals surface area contributed by atoms with Gasteiger partial charge in [-0.1, -0.05) is 31.2 Å². The number of hydrogen-bond acceptors (Lipinski definition) is 3. The van der Waals surface area contributed by atoms with Crippen molar-refractivity contribution in [2.24, 2.45) is 0 Å². The Morgan fingerprint density at radius 1 is 1.16 bits per heavy atom. The Balaban J connectivity index is 1.52. The van der Waals surface area contributed by atoms with Gasteiger partial charge < -0.3 is 20.5 Å². The van der Waals surface area contributed by atoms with E-state index in [1.807, 2.05) is 49.4 Å². The Bertz CT molecular complexity index is 1060.